The number of hydrogen-bond acceptors (Lipinski definition) is 3. The number of aryl methyl sites for hydroxylation is 1. The van der Waals surface area contributed by atoms with Gasteiger partial charge in [-0.05, 0) is 32.1 Å². The molecule has 2 fully saturated rings. The van der Waals surface area contributed by atoms with Gasteiger partial charge in [-0.2, -0.15) is 0 Å². The van der Waals surface area contributed by atoms with Crippen molar-refractivity contribution in [3.8, 4) is 0 Å². The minimum absolute atomic E-state index is 0.194. The van der Waals surface area contributed by atoms with Crippen LogP contribution in [0.5, 0.6) is 0 Å². The molecule has 5 nitrogen and oxygen atoms in total. The molecule has 0 bridgehead atoms. The van der Waals surface area contributed by atoms with Gasteiger partial charge in [-0.1, -0.05) is 6.92 Å². The molecule has 1 heterocycles. The van der Waals surface area contributed by atoms with Crippen molar-refractivity contribution >= 4 is 5.91 Å². The molecule has 0 spiro atoms. The van der Waals surface area contributed by atoms with Crippen LogP contribution in [0.1, 0.15) is 50.9 Å². The summed E-state index contributed by atoms with van der Waals surface area (Å²) in [4.78, 5) is 16.3. The van der Waals surface area contributed by atoms with E-state index < -0.39 is 5.54 Å². The Bertz CT molecular complexity index is 480. The van der Waals surface area contributed by atoms with Crippen LogP contribution < -0.4 is 11.1 Å². The van der Waals surface area contributed by atoms with Crippen molar-refractivity contribution in [3.63, 3.8) is 0 Å². The van der Waals surface area contributed by atoms with Crippen LogP contribution in [-0.4, -0.2) is 27.0 Å². The third-order valence-electron chi connectivity index (χ3n) is 4.48. The fourth-order valence-corrected chi connectivity index (χ4v) is 3.25. The van der Waals surface area contributed by atoms with Crippen LogP contribution >= 0.6 is 0 Å². The summed E-state index contributed by atoms with van der Waals surface area (Å²) in [5, 5.41) is 3.49. The zero-order valence-corrected chi connectivity index (χ0v) is 11.4. The Balaban J connectivity index is 1.79. The van der Waals surface area contributed by atoms with Gasteiger partial charge in [0.2, 0.25) is 5.91 Å². The first kappa shape index (κ1) is 12.7. The summed E-state index contributed by atoms with van der Waals surface area (Å²) in [6, 6.07) is 0.843. The average molecular weight is 262 g/mol. The van der Waals surface area contributed by atoms with Crippen molar-refractivity contribution < 1.29 is 4.79 Å². The van der Waals surface area contributed by atoms with Crippen LogP contribution in [0.3, 0.4) is 0 Å². The van der Waals surface area contributed by atoms with Gasteiger partial charge in [-0.3, -0.25) is 4.79 Å². The van der Waals surface area contributed by atoms with E-state index >= 15 is 0 Å². The third kappa shape index (κ3) is 2.27. The average Bonchev–Trinajstić information content (AvgIpc) is 2.93. The molecular weight excluding hydrogens is 240 g/mol. The Morgan fingerprint density at radius 3 is 3.00 bits per heavy atom. The van der Waals surface area contributed by atoms with Gasteiger partial charge in [-0.25, -0.2) is 4.98 Å². The van der Waals surface area contributed by atoms with Gasteiger partial charge in [0, 0.05) is 30.9 Å². The Morgan fingerprint density at radius 2 is 2.37 bits per heavy atom. The Kier molecular flexibility index (Phi) is 3.09. The molecule has 1 aromatic rings. The van der Waals surface area contributed by atoms with Crippen LogP contribution in [0.15, 0.2) is 12.4 Å². The number of amides is 1. The number of nitrogens with one attached hydrogen (secondary N) is 1. The Morgan fingerprint density at radius 1 is 1.58 bits per heavy atom. The third-order valence-corrected chi connectivity index (χ3v) is 4.48. The molecule has 0 aliphatic heterocycles. The summed E-state index contributed by atoms with van der Waals surface area (Å²) in [6.07, 6.45) is 9.76. The molecule has 5 heteroatoms. The molecule has 1 aromatic heterocycles. The largest absolute Gasteiger partial charge is 0.368 e. The molecule has 0 aromatic carbocycles. The van der Waals surface area contributed by atoms with Crippen molar-refractivity contribution in [2.24, 2.45) is 5.73 Å². The number of primary amides is 1. The highest BCUT2D eigenvalue weighted by molar-refractivity contribution is 5.85. The van der Waals surface area contributed by atoms with E-state index in [0.717, 1.165) is 31.5 Å². The first-order valence-electron chi connectivity index (χ1n) is 7.24. The lowest BCUT2D eigenvalue weighted by atomic mass is 9.96. The summed E-state index contributed by atoms with van der Waals surface area (Å²) in [6.45, 7) is 2.11. The van der Waals surface area contributed by atoms with E-state index in [1.165, 1.54) is 12.8 Å². The lowest BCUT2D eigenvalue weighted by Crippen LogP contribution is -2.54. The Labute approximate surface area is 113 Å². The van der Waals surface area contributed by atoms with Crippen LogP contribution in [0.4, 0.5) is 0 Å². The lowest BCUT2D eigenvalue weighted by molar-refractivity contribution is -0.124. The monoisotopic (exact) mass is 262 g/mol. The van der Waals surface area contributed by atoms with Crippen molar-refractivity contribution in [3.05, 3.63) is 18.2 Å². The van der Waals surface area contributed by atoms with Gasteiger partial charge >= 0.3 is 0 Å². The summed E-state index contributed by atoms with van der Waals surface area (Å²) < 4.78 is 2.22. The normalized spacial score (nSPS) is 30.7. The molecular formula is C14H22N4O. The first-order valence-corrected chi connectivity index (χ1v) is 7.24. The maximum Gasteiger partial charge on any atom is 0.237 e. The van der Waals surface area contributed by atoms with Gasteiger partial charge in [0.1, 0.15) is 5.82 Å². The second-order valence-corrected chi connectivity index (χ2v) is 5.87. The molecule has 0 saturated heterocycles. The van der Waals surface area contributed by atoms with Crippen molar-refractivity contribution in [2.45, 2.75) is 63.1 Å². The number of rotatable bonds is 5. The molecule has 19 heavy (non-hydrogen) atoms. The van der Waals surface area contributed by atoms with E-state index in [1.807, 2.05) is 12.4 Å². The molecule has 104 valence electrons. The van der Waals surface area contributed by atoms with Crippen LogP contribution in [0, 0.1) is 0 Å². The number of nitrogens with two attached hydrogens (primary N) is 1. The number of aromatic nitrogens is 2. The maximum atomic E-state index is 11.9. The second-order valence-electron chi connectivity index (χ2n) is 5.87. The smallest absolute Gasteiger partial charge is 0.237 e. The minimum Gasteiger partial charge on any atom is -0.368 e. The van der Waals surface area contributed by atoms with Gasteiger partial charge in [0.25, 0.3) is 0 Å². The zero-order chi connectivity index (χ0) is 13.5. The quantitative estimate of drug-likeness (QED) is 0.836. The molecule has 3 rings (SSSR count). The lowest BCUT2D eigenvalue weighted by Gasteiger charge is -2.27. The van der Waals surface area contributed by atoms with Crippen molar-refractivity contribution in [2.75, 3.05) is 0 Å². The molecule has 2 atom stereocenters. The first-order chi connectivity index (χ1) is 9.14. The number of imidazole rings is 1. The van der Waals surface area contributed by atoms with Crippen molar-refractivity contribution in [1.82, 2.24) is 14.9 Å². The van der Waals surface area contributed by atoms with E-state index in [0.29, 0.717) is 12.1 Å². The van der Waals surface area contributed by atoms with E-state index in [1.54, 1.807) is 0 Å². The van der Waals surface area contributed by atoms with Crippen molar-refractivity contribution in [1.29, 1.82) is 0 Å². The predicted molar refractivity (Wildman–Crippen MR) is 72.6 cm³/mol. The van der Waals surface area contributed by atoms with Gasteiger partial charge in [0.05, 0.1) is 5.54 Å². The number of nitrogens with zero attached hydrogens (tertiary/aromatic N) is 2. The Hall–Kier alpha value is -1.36. The topological polar surface area (TPSA) is 72.9 Å². The fraction of sp³-hybridized carbons (Fsp3) is 0.714. The van der Waals surface area contributed by atoms with Gasteiger partial charge < -0.3 is 15.6 Å². The summed E-state index contributed by atoms with van der Waals surface area (Å²) in [5.41, 5.74) is 5.17. The minimum atomic E-state index is -0.499. The van der Waals surface area contributed by atoms with E-state index in [-0.39, 0.29) is 5.91 Å². The second kappa shape index (κ2) is 4.63. The zero-order valence-electron chi connectivity index (χ0n) is 11.4. The summed E-state index contributed by atoms with van der Waals surface area (Å²) in [7, 11) is 0. The van der Waals surface area contributed by atoms with E-state index in [9.17, 15) is 4.79 Å². The van der Waals surface area contributed by atoms with E-state index in [2.05, 4.69) is 21.8 Å². The van der Waals surface area contributed by atoms with Crippen LogP contribution in [0.2, 0.25) is 0 Å². The highest BCUT2D eigenvalue weighted by Gasteiger charge is 2.47. The number of carbonyl (C=O) groups is 1. The predicted octanol–water partition coefficient (Wildman–Crippen LogP) is 1.15. The molecule has 2 saturated carbocycles. The van der Waals surface area contributed by atoms with E-state index in [4.69, 9.17) is 5.73 Å². The van der Waals surface area contributed by atoms with Crippen LogP contribution in [0.25, 0.3) is 0 Å². The highest BCUT2D eigenvalue weighted by atomic mass is 16.1. The molecule has 2 aliphatic rings. The number of carbonyl (C=O) groups excluding carboxylic acids is 1. The fourth-order valence-electron chi connectivity index (χ4n) is 3.25. The summed E-state index contributed by atoms with van der Waals surface area (Å²) >= 11 is 0. The SMILES string of the molecule is CCc1nccn1C1CCC(NC2CC2)(C(N)=O)C1. The molecule has 3 N–H and O–H groups in total. The van der Waals surface area contributed by atoms with Gasteiger partial charge in [-0.15, -0.1) is 0 Å². The van der Waals surface area contributed by atoms with Crippen LogP contribution in [-0.2, 0) is 11.2 Å². The maximum absolute atomic E-state index is 11.9. The number of hydrogen-bond donors (Lipinski definition) is 2. The molecule has 1 amide bonds. The molecule has 2 unspecified atom stereocenters. The van der Waals surface area contributed by atoms with Gasteiger partial charge in [0.15, 0.2) is 0 Å². The molecule has 0 radical (unpaired) electrons. The highest BCUT2D eigenvalue weighted by Crippen LogP contribution is 2.40. The standard InChI is InChI=1S/C14H22N4O/c1-2-12-16-7-8-18(12)11-5-6-14(9-11,13(15)19)17-10-3-4-10/h7-8,10-11,17H,2-6,9H2,1H3,(H2,15,19). The summed E-state index contributed by atoms with van der Waals surface area (Å²) in [5.74, 6) is 0.900. The molecule has 2 aliphatic carbocycles.